The van der Waals surface area contributed by atoms with Gasteiger partial charge in [-0.05, 0) is 113 Å². The van der Waals surface area contributed by atoms with Crippen molar-refractivity contribution in [2.75, 3.05) is 39.0 Å². The number of benzene rings is 1. The number of amides is 9. The molecule has 1 fully saturated rings. The number of likely N-dealkylation sites (N-methyl/N-ethyl adjacent to an activating group) is 1. The molecule has 9 atom stereocenters. The first-order valence-corrected chi connectivity index (χ1v) is 31.6. The van der Waals surface area contributed by atoms with Gasteiger partial charge in [0.05, 0.1) is 17.9 Å². The predicted octanol–water partition coefficient (Wildman–Crippen LogP) is 5.95. The fourth-order valence-corrected chi connectivity index (χ4v) is 11.7. The molecule has 0 saturated carbocycles. The molecule has 87 heavy (non-hydrogen) atoms. The number of carbonyl (C=O) groups is 11. The van der Waals surface area contributed by atoms with Gasteiger partial charge in [-0.2, -0.15) is 0 Å². The molecule has 24 nitrogen and oxygen atoms in total. The molecule has 4 rings (SSSR count). The van der Waals surface area contributed by atoms with Crippen LogP contribution < -0.4 is 43.0 Å². The van der Waals surface area contributed by atoms with Gasteiger partial charge in [0, 0.05) is 56.1 Å². The normalized spacial score (nSPS) is 17.2. The zero-order chi connectivity index (χ0) is 64.5. The Morgan fingerprint density at radius 3 is 2.17 bits per heavy atom. The van der Waals surface area contributed by atoms with Crippen LogP contribution >= 0.6 is 11.3 Å². The number of hydrogen-bond acceptors (Lipinski definition) is 15. The SMILES string of the molecule is CCCN(C(=O)[C@@H](NC(=O)[C@H]1CCCCN1C)[C@@H](C)CC)[C@H](C[C@@H](OC(=O)NC)c1nc(C(=O)N[C@@H](Cc2ccccc2NC(=O)[C@H](CCCNC(N)=O)NC(=O)[C@@H](NC(=O)CCCCCC2C(=O)C=CC2=O)C(C)C)C[C@H](C)C(=O)O)cs1)C(C)C. The first-order valence-electron chi connectivity index (χ1n) is 30.8. The van der Waals surface area contributed by atoms with Crippen molar-refractivity contribution in [3.63, 3.8) is 0 Å². The highest BCUT2D eigenvalue weighted by Crippen LogP contribution is 2.32. The first-order chi connectivity index (χ1) is 41.3. The van der Waals surface area contributed by atoms with Crippen LogP contribution in [0.2, 0.25) is 0 Å². The second kappa shape index (κ2) is 36.1. The lowest BCUT2D eigenvalue weighted by atomic mass is 9.92. The fourth-order valence-electron chi connectivity index (χ4n) is 10.9. The van der Waals surface area contributed by atoms with Gasteiger partial charge in [0.25, 0.3) is 5.91 Å². The molecular weight excluding hydrogens is 1140 g/mol. The number of para-hydroxylation sites is 1. The number of ether oxygens (including phenoxy) is 1. The van der Waals surface area contributed by atoms with Gasteiger partial charge in [0.2, 0.25) is 29.5 Å². The number of likely N-dealkylation sites (tertiary alicyclic amines) is 1. The maximum Gasteiger partial charge on any atom is 0.407 e. The maximum atomic E-state index is 14.9. The molecule has 0 spiro atoms. The minimum Gasteiger partial charge on any atom is -0.481 e. The summed E-state index contributed by atoms with van der Waals surface area (Å²) < 4.78 is 5.96. The van der Waals surface area contributed by atoms with E-state index in [1.165, 1.54) is 31.5 Å². The Morgan fingerprint density at radius 1 is 0.851 bits per heavy atom. The predicted molar refractivity (Wildman–Crippen MR) is 330 cm³/mol. The lowest BCUT2D eigenvalue weighted by molar-refractivity contribution is -0.143. The summed E-state index contributed by atoms with van der Waals surface area (Å²) in [6.45, 7) is 16.0. The Hall–Kier alpha value is -7.28. The quantitative estimate of drug-likeness (QED) is 0.0281. The number of carbonyl (C=O) groups excluding carboxylic acids is 10. The number of anilines is 1. The number of urea groups is 1. The van der Waals surface area contributed by atoms with E-state index in [1.807, 2.05) is 46.6 Å². The number of aromatic nitrogens is 1. The van der Waals surface area contributed by atoms with E-state index >= 15 is 0 Å². The van der Waals surface area contributed by atoms with Gasteiger partial charge < -0.3 is 57.7 Å². The maximum absolute atomic E-state index is 14.9. The fraction of sp³-hybridized carbons (Fsp3) is 0.645. The van der Waals surface area contributed by atoms with Crippen molar-refractivity contribution in [1.82, 2.24) is 46.7 Å². The van der Waals surface area contributed by atoms with Crippen LogP contribution in [0.5, 0.6) is 0 Å². The number of nitrogens with two attached hydrogens (primary N) is 1. The van der Waals surface area contributed by atoms with Gasteiger partial charge in [-0.25, -0.2) is 14.6 Å². The molecule has 482 valence electrons. The molecule has 25 heteroatoms. The third-order valence-corrected chi connectivity index (χ3v) is 17.1. The number of thiazole rings is 1. The standard InChI is InChI=1S/C62H95N11O13S/c1-11-30-73(59(81)53(38(7)12-2)71-56(79)46-25-18-19-31-72(46)10)47(36(3)4)34-50(86-62(85)64-9)58-69-45(35-87-58)55(78)66-41(32-39(8)60(82)83)33-40-21-16-17-23-43(40)67-54(77)44(24-20-29-65-61(63)84)68-57(80)52(37(5)6)70-51(76)26-15-13-14-22-42-48(74)27-28-49(42)75/h16-17,21,23,27-28,35-39,41-42,44,46-47,50,52-53H,11-15,18-20,22,24-26,29-34H2,1-10H3,(H,64,85)(H,66,78)(H,67,77)(H,68,80)(H,70,76)(H,71,79)(H,82,83)(H3,63,65,84)/t38-,39-,41+,44-,46+,47+,50+,52-,53-/m0/s1. The average Bonchev–Trinajstić information content (AvgIpc) is 3.08. The molecule has 0 radical (unpaired) electrons. The lowest BCUT2D eigenvalue weighted by Crippen LogP contribution is -2.58. The number of carboxylic acids is 1. The van der Waals surface area contributed by atoms with Crippen molar-refractivity contribution in [3.8, 4) is 0 Å². The van der Waals surface area contributed by atoms with Gasteiger partial charge in [0.1, 0.15) is 28.8 Å². The second-order valence-corrected chi connectivity index (χ2v) is 24.6. The molecule has 1 aromatic carbocycles. The van der Waals surface area contributed by atoms with E-state index in [-0.39, 0.29) is 97.0 Å². The van der Waals surface area contributed by atoms with Gasteiger partial charge in [0.15, 0.2) is 17.7 Å². The highest BCUT2D eigenvalue weighted by Gasteiger charge is 2.39. The van der Waals surface area contributed by atoms with Crippen molar-refractivity contribution in [2.45, 2.75) is 194 Å². The second-order valence-electron chi connectivity index (χ2n) is 23.7. The van der Waals surface area contributed by atoms with Crippen molar-refractivity contribution in [2.24, 2.45) is 35.3 Å². The number of hydrogen-bond donors (Lipinski definition) is 9. The van der Waals surface area contributed by atoms with Crippen LogP contribution in [-0.4, -0.2) is 155 Å². The summed E-state index contributed by atoms with van der Waals surface area (Å²) in [5.74, 6) is -6.72. The summed E-state index contributed by atoms with van der Waals surface area (Å²) in [5, 5.41) is 31.3. The van der Waals surface area contributed by atoms with Crippen LogP contribution in [0.15, 0.2) is 41.8 Å². The summed E-state index contributed by atoms with van der Waals surface area (Å²) in [4.78, 5) is 154. The zero-order valence-electron chi connectivity index (χ0n) is 52.4. The molecule has 1 saturated heterocycles. The van der Waals surface area contributed by atoms with Crippen molar-refractivity contribution in [1.29, 1.82) is 0 Å². The Bertz CT molecular complexity index is 2700. The van der Waals surface area contributed by atoms with Crippen LogP contribution in [-0.2, 0) is 49.5 Å². The number of unbranched alkanes of at least 4 members (excludes halogenated alkanes) is 2. The Kier molecular flexibility index (Phi) is 30.0. The molecule has 1 aromatic heterocycles. The largest absolute Gasteiger partial charge is 0.481 e. The Balaban J connectivity index is 1.55. The number of carboxylic acid groups (broad SMARTS) is 1. The zero-order valence-corrected chi connectivity index (χ0v) is 53.2. The van der Waals surface area contributed by atoms with E-state index in [0.29, 0.717) is 62.7 Å². The molecular formula is C62H95N11O13S. The van der Waals surface area contributed by atoms with Crippen molar-refractivity contribution in [3.05, 3.63) is 58.1 Å². The number of allylic oxidation sites excluding steroid dienone is 2. The molecule has 1 aliphatic carbocycles. The summed E-state index contributed by atoms with van der Waals surface area (Å²) in [5.41, 5.74) is 6.04. The number of piperidine rings is 1. The number of rotatable bonds is 36. The van der Waals surface area contributed by atoms with Gasteiger partial charge in [-0.1, -0.05) is 99.3 Å². The molecule has 2 aromatic rings. The molecule has 0 bridgehead atoms. The van der Waals surface area contributed by atoms with E-state index in [2.05, 4.69) is 42.2 Å². The number of ketones is 2. The van der Waals surface area contributed by atoms with E-state index in [4.69, 9.17) is 10.5 Å². The summed E-state index contributed by atoms with van der Waals surface area (Å²) in [6.07, 6.45) is 6.94. The topological polar surface area (TPSA) is 347 Å². The molecule has 9 amide bonds. The Labute approximate surface area is 515 Å². The average molecular weight is 1230 g/mol. The molecule has 2 aliphatic rings. The Morgan fingerprint density at radius 2 is 1.55 bits per heavy atom. The number of alkyl carbamates (subject to hydrolysis) is 1. The van der Waals surface area contributed by atoms with Crippen molar-refractivity contribution >= 4 is 82.1 Å². The van der Waals surface area contributed by atoms with E-state index < -0.39 is 95.8 Å². The number of nitrogens with zero attached hydrogens (tertiary/aromatic N) is 3. The summed E-state index contributed by atoms with van der Waals surface area (Å²) >= 11 is 1.07. The van der Waals surface area contributed by atoms with Gasteiger partial charge in [-0.15, -0.1) is 11.3 Å². The van der Waals surface area contributed by atoms with Crippen molar-refractivity contribution < 1.29 is 62.6 Å². The van der Waals surface area contributed by atoms with Gasteiger partial charge in [-0.3, -0.25) is 48.1 Å². The first kappa shape index (κ1) is 72.2. The lowest BCUT2D eigenvalue weighted by Gasteiger charge is -2.40. The van der Waals surface area contributed by atoms with Crippen LogP contribution in [0.3, 0.4) is 0 Å². The van der Waals surface area contributed by atoms with Gasteiger partial charge >= 0.3 is 18.1 Å². The number of aliphatic carboxylic acids is 1. The summed E-state index contributed by atoms with van der Waals surface area (Å²) in [7, 11) is 3.33. The third-order valence-electron chi connectivity index (χ3n) is 16.2. The van der Waals surface area contributed by atoms with Crippen LogP contribution in [0.4, 0.5) is 15.3 Å². The van der Waals surface area contributed by atoms with E-state index in [1.54, 1.807) is 43.0 Å². The highest BCUT2D eigenvalue weighted by molar-refractivity contribution is 7.09. The molecule has 10 N–H and O–H groups in total. The van der Waals surface area contributed by atoms with Crippen LogP contribution in [0, 0.1) is 29.6 Å². The number of nitrogens with one attached hydrogen (secondary N) is 7. The molecule has 2 heterocycles. The molecule has 0 unspecified atom stereocenters. The third kappa shape index (κ3) is 22.7. The molecule has 1 aliphatic heterocycles. The minimum absolute atomic E-state index is 0.0150. The smallest absolute Gasteiger partial charge is 0.407 e. The van der Waals surface area contributed by atoms with E-state index in [9.17, 15) is 57.8 Å². The monoisotopic (exact) mass is 1230 g/mol. The van der Waals surface area contributed by atoms with Crippen LogP contribution in [0.25, 0.3) is 0 Å². The number of primary amides is 1. The summed E-state index contributed by atoms with van der Waals surface area (Å²) in [6, 6.07) is 1.14. The minimum atomic E-state index is -1.19. The highest BCUT2D eigenvalue weighted by atomic mass is 32.1. The van der Waals surface area contributed by atoms with Crippen LogP contribution in [0.1, 0.15) is 172 Å². The van der Waals surface area contributed by atoms with E-state index in [0.717, 1.165) is 30.7 Å².